The number of hydrogen-bond acceptors (Lipinski definition) is 5. The van der Waals surface area contributed by atoms with Crippen LogP contribution in [0.1, 0.15) is 18.4 Å². The molecule has 0 radical (unpaired) electrons. The third-order valence-electron chi connectivity index (χ3n) is 2.73. The van der Waals surface area contributed by atoms with E-state index in [0.29, 0.717) is 0 Å². The van der Waals surface area contributed by atoms with Gasteiger partial charge in [0.15, 0.2) is 4.34 Å². The van der Waals surface area contributed by atoms with Crippen LogP contribution in [-0.2, 0) is 6.54 Å². The van der Waals surface area contributed by atoms with Gasteiger partial charge in [0, 0.05) is 22.0 Å². The SMILES string of the molecule is Brc1ccc(CNC2CC2)c(Sc2nncs2)c1. The van der Waals surface area contributed by atoms with Crippen molar-refractivity contribution in [3.05, 3.63) is 33.7 Å². The van der Waals surface area contributed by atoms with Crippen molar-refractivity contribution in [2.45, 2.75) is 34.7 Å². The molecule has 2 aromatic rings. The van der Waals surface area contributed by atoms with E-state index < -0.39 is 0 Å². The lowest BCUT2D eigenvalue weighted by Gasteiger charge is -2.09. The highest BCUT2D eigenvalue weighted by atomic mass is 79.9. The second-order valence-corrected chi connectivity index (χ2v) is 7.25. The Hall–Kier alpha value is -0.430. The number of benzene rings is 1. The van der Waals surface area contributed by atoms with Crippen LogP contribution in [-0.4, -0.2) is 16.2 Å². The largest absolute Gasteiger partial charge is 0.310 e. The van der Waals surface area contributed by atoms with E-state index in [0.717, 1.165) is 21.4 Å². The summed E-state index contributed by atoms with van der Waals surface area (Å²) < 4.78 is 2.09. The van der Waals surface area contributed by atoms with E-state index in [-0.39, 0.29) is 0 Å². The fraction of sp³-hybridized carbons (Fsp3) is 0.333. The Morgan fingerprint density at radius 2 is 2.33 bits per heavy atom. The summed E-state index contributed by atoms with van der Waals surface area (Å²) in [6.45, 7) is 0.930. The van der Waals surface area contributed by atoms with Gasteiger partial charge in [-0.3, -0.25) is 0 Å². The normalized spacial score (nSPS) is 14.9. The van der Waals surface area contributed by atoms with Crippen LogP contribution in [0.5, 0.6) is 0 Å². The van der Waals surface area contributed by atoms with Gasteiger partial charge >= 0.3 is 0 Å². The Morgan fingerprint density at radius 1 is 1.44 bits per heavy atom. The Labute approximate surface area is 123 Å². The van der Waals surface area contributed by atoms with E-state index in [1.165, 1.54) is 23.3 Å². The Balaban J connectivity index is 1.78. The topological polar surface area (TPSA) is 37.8 Å². The van der Waals surface area contributed by atoms with E-state index in [1.54, 1.807) is 28.6 Å². The lowest BCUT2D eigenvalue weighted by atomic mass is 10.2. The maximum Gasteiger partial charge on any atom is 0.178 e. The predicted octanol–water partition coefficient (Wildman–Crippen LogP) is 3.70. The van der Waals surface area contributed by atoms with Gasteiger partial charge in [-0.1, -0.05) is 45.1 Å². The molecular weight excluding hydrogens is 330 g/mol. The summed E-state index contributed by atoms with van der Waals surface area (Å²) in [5, 5.41) is 11.5. The zero-order valence-electron chi connectivity index (χ0n) is 9.60. The van der Waals surface area contributed by atoms with E-state index in [4.69, 9.17) is 0 Å². The van der Waals surface area contributed by atoms with Crippen molar-refractivity contribution >= 4 is 39.0 Å². The van der Waals surface area contributed by atoms with Crippen molar-refractivity contribution in [2.75, 3.05) is 0 Å². The molecule has 1 heterocycles. The molecule has 0 aliphatic heterocycles. The average molecular weight is 342 g/mol. The smallest absolute Gasteiger partial charge is 0.178 e. The average Bonchev–Trinajstić information content (AvgIpc) is 3.05. The van der Waals surface area contributed by atoms with Crippen LogP contribution >= 0.6 is 39.0 Å². The Bertz CT molecular complexity index is 526. The molecule has 0 unspecified atom stereocenters. The minimum Gasteiger partial charge on any atom is -0.310 e. The molecule has 1 N–H and O–H groups in total. The molecule has 1 aromatic heterocycles. The summed E-state index contributed by atoms with van der Waals surface area (Å²) in [7, 11) is 0. The van der Waals surface area contributed by atoms with Gasteiger partial charge in [-0.25, -0.2) is 0 Å². The molecule has 0 saturated heterocycles. The van der Waals surface area contributed by atoms with Gasteiger partial charge in [-0.05, 0) is 30.5 Å². The highest BCUT2D eigenvalue weighted by Crippen LogP contribution is 2.33. The van der Waals surface area contributed by atoms with Gasteiger partial charge in [0.1, 0.15) is 5.51 Å². The lowest BCUT2D eigenvalue weighted by Crippen LogP contribution is -2.15. The lowest BCUT2D eigenvalue weighted by molar-refractivity contribution is 0.680. The summed E-state index contributed by atoms with van der Waals surface area (Å²) in [4.78, 5) is 1.24. The first-order valence-corrected chi connectivity index (χ1v) is 8.26. The standard InChI is InChI=1S/C12H12BrN3S2/c13-9-2-1-8(6-14-10-3-4-10)11(5-9)18-12-16-15-7-17-12/h1-2,5,7,10,14H,3-4,6H2. The number of nitrogens with zero attached hydrogens (tertiary/aromatic N) is 2. The van der Waals surface area contributed by atoms with E-state index in [9.17, 15) is 0 Å². The van der Waals surface area contributed by atoms with Gasteiger partial charge in [-0.2, -0.15) is 0 Å². The van der Waals surface area contributed by atoms with E-state index in [2.05, 4.69) is 49.6 Å². The van der Waals surface area contributed by atoms with Gasteiger partial charge in [0.05, 0.1) is 0 Å². The number of hydrogen-bond donors (Lipinski definition) is 1. The monoisotopic (exact) mass is 341 g/mol. The first-order chi connectivity index (χ1) is 8.81. The van der Waals surface area contributed by atoms with Crippen LogP contribution in [0.4, 0.5) is 0 Å². The molecule has 6 heteroatoms. The summed E-state index contributed by atoms with van der Waals surface area (Å²) in [5.41, 5.74) is 3.09. The van der Waals surface area contributed by atoms with Gasteiger partial charge in [0.2, 0.25) is 0 Å². The Kier molecular flexibility index (Phi) is 3.98. The van der Waals surface area contributed by atoms with Crippen molar-refractivity contribution in [1.29, 1.82) is 0 Å². The minimum atomic E-state index is 0.730. The molecule has 94 valence electrons. The molecule has 3 rings (SSSR count). The second-order valence-electron chi connectivity index (χ2n) is 4.21. The molecule has 1 aliphatic rings. The first-order valence-electron chi connectivity index (χ1n) is 5.77. The van der Waals surface area contributed by atoms with Crippen LogP contribution in [0.25, 0.3) is 0 Å². The van der Waals surface area contributed by atoms with Crippen LogP contribution in [0.3, 0.4) is 0 Å². The molecule has 1 aliphatic carbocycles. The fourth-order valence-electron chi connectivity index (χ4n) is 1.61. The Morgan fingerprint density at radius 3 is 3.06 bits per heavy atom. The molecule has 1 aromatic carbocycles. The molecule has 1 saturated carbocycles. The molecule has 0 spiro atoms. The summed E-state index contributed by atoms with van der Waals surface area (Å²) in [5.74, 6) is 0. The predicted molar refractivity (Wildman–Crippen MR) is 78.0 cm³/mol. The number of nitrogens with one attached hydrogen (secondary N) is 1. The molecule has 0 amide bonds. The van der Waals surface area contributed by atoms with Crippen molar-refractivity contribution < 1.29 is 0 Å². The number of aromatic nitrogens is 2. The van der Waals surface area contributed by atoms with E-state index >= 15 is 0 Å². The molecule has 3 nitrogen and oxygen atoms in total. The van der Waals surface area contributed by atoms with Crippen molar-refractivity contribution in [2.24, 2.45) is 0 Å². The van der Waals surface area contributed by atoms with Crippen molar-refractivity contribution in [1.82, 2.24) is 15.5 Å². The third kappa shape index (κ3) is 3.32. The quantitative estimate of drug-likeness (QED) is 0.899. The fourth-order valence-corrected chi connectivity index (χ4v) is 3.73. The van der Waals surface area contributed by atoms with Crippen molar-refractivity contribution in [3.8, 4) is 0 Å². The number of halogens is 1. The van der Waals surface area contributed by atoms with E-state index in [1.807, 2.05) is 0 Å². The van der Waals surface area contributed by atoms with Crippen LogP contribution in [0.2, 0.25) is 0 Å². The van der Waals surface area contributed by atoms with Crippen LogP contribution < -0.4 is 5.32 Å². The summed E-state index contributed by atoms with van der Waals surface area (Å²) >= 11 is 6.78. The highest BCUT2D eigenvalue weighted by molar-refractivity contribution is 9.10. The molecule has 0 bridgehead atoms. The van der Waals surface area contributed by atoms with Gasteiger partial charge in [0.25, 0.3) is 0 Å². The summed E-state index contributed by atoms with van der Waals surface area (Å²) in [6.07, 6.45) is 2.63. The molecule has 18 heavy (non-hydrogen) atoms. The zero-order chi connectivity index (χ0) is 12.4. The zero-order valence-corrected chi connectivity index (χ0v) is 12.8. The molecular formula is C12H12BrN3S2. The maximum atomic E-state index is 4.09. The third-order valence-corrected chi connectivity index (χ3v) is 5.10. The first kappa shape index (κ1) is 12.6. The molecule has 0 atom stereocenters. The minimum absolute atomic E-state index is 0.730. The van der Waals surface area contributed by atoms with Gasteiger partial charge in [-0.15, -0.1) is 10.2 Å². The second kappa shape index (κ2) is 5.69. The van der Waals surface area contributed by atoms with Crippen molar-refractivity contribution in [3.63, 3.8) is 0 Å². The van der Waals surface area contributed by atoms with Crippen LogP contribution in [0, 0.1) is 0 Å². The van der Waals surface area contributed by atoms with Gasteiger partial charge < -0.3 is 5.32 Å². The van der Waals surface area contributed by atoms with Crippen LogP contribution in [0.15, 0.2) is 37.4 Å². The highest BCUT2D eigenvalue weighted by Gasteiger charge is 2.20. The summed E-state index contributed by atoms with van der Waals surface area (Å²) in [6, 6.07) is 7.14. The number of rotatable bonds is 5. The maximum absolute atomic E-state index is 4.09. The molecule has 1 fully saturated rings.